The van der Waals surface area contributed by atoms with Gasteiger partial charge in [0.1, 0.15) is 22.5 Å². The molecule has 0 saturated heterocycles. The fourth-order valence-electron chi connectivity index (χ4n) is 3.00. The smallest absolute Gasteiger partial charge is 0.238 e. The molecule has 0 spiro atoms. The molecule has 1 unspecified atom stereocenters. The Bertz CT molecular complexity index is 1350. The van der Waals surface area contributed by atoms with E-state index in [1.54, 1.807) is 30.5 Å². The average molecular weight is 494 g/mol. The molecule has 0 fully saturated rings. The molecule has 0 bridgehead atoms. The van der Waals surface area contributed by atoms with Crippen LogP contribution in [0.25, 0.3) is 22.0 Å². The third-order valence-electron chi connectivity index (χ3n) is 4.57. The number of hydrogen-bond donors (Lipinski definition) is 2. The molecule has 154 valence electrons. The molecule has 2 aromatic heterocycles. The van der Waals surface area contributed by atoms with Crippen LogP contribution in [0.15, 0.2) is 70.2 Å². The van der Waals surface area contributed by atoms with Gasteiger partial charge in [-0.05, 0) is 70.0 Å². The number of nitriles is 1. The molecule has 31 heavy (non-hydrogen) atoms. The summed E-state index contributed by atoms with van der Waals surface area (Å²) in [6.45, 7) is 0. The van der Waals surface area contributed by atoms with Gasteiger partial charge in [-0.1, -0.05) is 6.07 Å². The number of anilines is 2. The lowest BCUT2D eigenvalue weighted by Crippen LogP contribution is -2.07. The van der Waals surface area contributed by atoms with E-state index in [1.807, 2.05) is 36.4 Å². The number of methoxy groups -OCH3 is 1. The van der Waals surface area contributed by atoms with Crippen LogP contribution in [0, 0.1) is 11.3 Å². The second kappa shape index (κ2) is 8.71. The molecule has 2 heterocycles. The minimum absolute atomic E-state index is 0.323. The lowest BCUT2D eigenvalue weighted by Gasteiger charge is -2.12. The molecule has 0 aliphatic rings. The van der Waals surface area contributed by atoms with E-state index < -0.39 is 11.0 Å². The monoisotopic (exact) mass is 493 g/mol. The van der Waals surface area contributed by atoms with E-state index in [9.17, 15) is 4.21 Å². The normalized spacial score (nSPS) is 11.6. The molecule has 4 aromatic rings. The first-order valence-corrected chi connectivity index (χ1v) is 11.0. The maximum absolute atomic E-state index is 12.8. The Labute approximate surface area is 189 Å². The van der Waals surface area contributed by atoms with Crippen molar-refractivity contribution in [2.45, 2.75) is 4.90 Å². The molecule has 0 radical (unpaired) electrons. The number of rotatable bonds is 5. The number of hydrogen-bond acceptors (Lipinski definition) is 6. The predicted molar refractivity (Wildman–Crippen MR) is 125 cm³/mol. The zero-order valence-corrected chi connectivity index (χ0v) is 18.7. The highest BCUT2D eigenvalue weighted by atomic mass is 79.9. The van der Waals surface area contributed by atoms with Crippen molar-refractivity contribution in [1.82, 2.24) is 9.97 Å². The number of aromatic nitrogens is 2. The second-order valence-corrected chi connectivity index (χ2v) is 8.62. The highest BCUT2D eigenvalue weighted by Crippen LogP contribution is 2.32. The summed E-state index contributed by atoms with van der Waals surface area (Å²) in [5, 5.41) is 9.85. The van der Waals surface area contributed by atoms with Crippen molar-refractivity contribution < 1.29 is 8.95 Å². The van der Waals surface area contributed by atoms with Crippen LogP contribution in [-0.2, 0) is 11.0 Å². The Hall–Kier alpha value is -3.48. The van der Waals surface area contributed by atoms with Crippen LogP contribution in [0.5, 0.6) is 5.88 Å². The van der Waals surface area contributed by atoms with Gasteiger partial charge in [0.05, 0.1) is 33.6 Å². The third-order valence-corrected chi connectivity index (χ3v) is 6.31. The van der Waals surface area contributed by atoms with Gasteiger partial charge in [-0.25, -0.2) is 14.2 Å². The molecule has 0 saturated carbocycles. The molecule has 0 aliphatic heterocycles. The Morgan fingerprint density at radius 2 is 1.90 bits per heavy atom. The number of fused-ring (bicyclic) bond motifs is 1. The molecule has 9 heteroatoms. The molecule has 3 N–H and O–H groups in total. The Balaban J connectivity index is 1.68. The van der Waals surface area contributed by atoms with Crippen LogP contribution in [0.1, 0.15) is 5.56 Å². The van der Waals surface area contributed by atoms with Crippen LogP contribution >= 0.6 is 15.9 Å². The first-order valence-electron chi connectivity index (χ1n) is 9.07. The summed E-state index contributed by atoms with van der Waals surface area (Å²) in [5.41, 5.74) is 9.36. The lowest BCUT2D eigenvalue weighted by molar-refractivity contribution is 0.400. The molecule has 2 aromatic carbocycles. The fraction of sp³-hybridized carbons (Fsp3) is 0.0455. The molecular formula is C22H16BrN5O2S. The molecule has 1 atom stereocenters. The maximum Gasteiger partial charge on any atom is 0.238 e. The van der Waals surface area contributed by atoms with Crippen LogP contribution in [-0.4, -0.2) is 21.3 Å². The van der Waals surface area contributed by atoms with Crippen LogP contribution in [0.3, 0.4) is 0 Å². The van der Waals surface area contributed by atoms with Gasteiger partial charge >= 0.3 is 0 Å². The largest absolute Gasteiger partial charge is 0.480 e. The number of nitrogens with one attached hydrogen (secondary N) is 1. The second-order valence-electron chi connectivity index (χ2n) is 6.55. The molecule has 7 nitrogen and oxygen atoms in total. The van der Waals surface area contributed by atoms with Gasteiger partial charge < -0.3 is 10.5 Å². The molecule has 4 rings (SSSR count). The SMILES string of the molecule is COc1ncc(-c2ccc3nc(N)c(Br)cc3c2)cc1NS(=O)c1ccc(C#N)cc1. The summed E-state index contributed by atoms with van der Waals surface area (Å²) in [4.78, 5) is 9.25. The number of benzene rings is 2. The first kappa shape index (κ1) is 20.8. The number of nitrogens with two attached hydrogens (primary N) is 1. The zero-order chi connectivity index (χ0) is 22.0. The topological polar surface area (TPSA) is 114 Å². The average Bonchev–Trinajstić information content (AvgIpc) is 2.79. The van der Waals surface area contributed by atoms with Gasteiger partial charge in [-0.15, -0.1) is 0 Å². The Morgan fingerprint density at radius 3 is 2.61 bits per heavy atom. The van der Waals surface area contributed by atoms with Crippen molar-refractivity contribution in [3.8, 4) is 23.1 Å². The van der Waals surface area contributed by atoms with Gasteiger partial charge in [0.15, 0.2) is 0 Å². The van der Waals surface area contributed by atoms with Crippen LogP contribution in [0.4, 0.5) is 11.5 Å². The van der Waals surface area contributed by atoms with E-state index in [4.69, 9.17) is 15.7 Å². The lowest BCUT2D eigenvalue weighted by atomic mass is 10.0. The van der Waals surface area contributed by atoms with E-state index in [1.165, 1.54) is 7.11 Å². The van der Waals surface area contributed by atoms with E-state index >= 15 is 0 Å². The van der Waals surface area contributed by atoms with Gasteiger partial charge in [0.2, 0.25) is 5.88 Å². The standard InChI is InChI=1S/C22H16BrN5O2S/c1-30-22-20(28-31(29)17-5-2-13(11-24)3-6-17)10-16(12-26-22)14-4-7-19-15(8-14)9-18(23)21(25)27-19/h2-10,12,28H,1H3,(H2,25,27). The summed E-state index contributed by atoms with van der Waals surface area (Å²) in [6.07, 6.45) is 1.69. The maximum atomic E-state index is 12.8. The van der Waals surface area contributed by atoms with E-state index in [0.717, 1.165) is 26.5 Å². The number of nitrogen functional groups attached to an aromatic ring is 1. The summed E-state index contributed by atoms with van der Waals surface area (Å²) >= 11 is 3.41. The molecular weight excluding hydrogens is 478 g/mol. The summed E-state index contributed by atoms with van der Waals surface area (Å²) < 4.78 is 21.8. The highest BCUT2D eigenvalue weighted by Gasteiger charge is 2.13. The van der Waals surface area contributed by atoms with E-state index in [0.29, 0.717) is 27.8 Å². The molecule has 0 amide bonds. The highest BCUT2D eigenvalue weighted by molar-refractivity contribution is 9.10. The number of ether oxygens (including phenoxy) is 1. The fourth-order valence-corrected chi connectivity index (χ4v) is 4.19. The summed E-state index contributed by atoms with van der Waals surface area (Å²) in [5.74, 6) is 0.756. The number of halogens is 1. The summed E-state index contributed by atoms with van der Waals surface area (Å²) in [6, 6.07) is 18.1. The van der Waals surface area contributed by atoms with E-state index in [-0.39, 0.29) is 0 Å². The van der Waals surface area contributed by atoms with Crippen molar-refractivity contribution in [1.29, 1.82) is 5.26 Å². The van der Waals surface area contributed by atoms with Crippen molar-refractivity contribution >= 4 is 49.3 Å². The van der Waals surface area contributed by atoms with Crippen molar-refractivity contribution in [3.05, 3.63) is 70.8 Å². The van der Waals surface area contributed by atoms with Crippen molar-refractivity contribution in [2.75, 3.05) is 17.6 Å². The van der Waals surface area contributed by atoms with E-state index in [2.05, 4.69) is 30.6 Å². The third kappa shape index (κ3) is 4.35. The van der Waals surface area contributed by atoms with Gasteiger partial charge in [0.25, 0.3) is 0 Å². The van der Waals surface area contributed by atoms with Crippen molar-refractivity contribution in [3.63, 3.8) is 0 Å². The number of pyridine rings is 2. The quantitative estimate of drug-likeness (QED) is 0.417. The van der Waals surface area contributed by atoms with Crippen molar-refractivity contribution in [2.24, 2.45) is 0 Å². The number of nitrogens with zero attached hydrogens (tertiary/aromatic N) is 3. The van der Waals surface area contributed by atoms with Crippen LogP contribution < -0.4 is 15.2 Å². The van der Waals surface area contributed by atoms with Gasteiger partial charge in [0, 0.05) is 17.1 Å². The molecule has 0 aliphatic carbocycles. The predicted octanol–water partition coefficient (Wildman–Crippen LogP) is 4.66. The van der Waals surface area contributed by atoms with Gasteiger partial charge in [-0.2, -0.15) is 5.26 Å². The summed E-state index contributed by atoms with van der Waals surface area (Å²) in [7, 11) is -0.0573. The van der Waals surface area contributed by atoms with Gasteiger partial charge in [-0.3, -0.25) is 4.72 Å². The minimum atomic E-state index is -1.56. The minimum Gasteiger partial charge on any atom is -0.480 e. The van der Waals surface area contributed by atoms with Crippen LogP contribution in [0.2, 0.25) is 0 Å². The Morgan fingerprint density at radius 1 is 1.13 bits per heavy atom. The Kier molecular flexibility index (Phi) is 5.84. The first-order chi connectivity index (χ1) is 15.0. The zero-order valence-electron chi connectivity index (χ0n) is 16.3.